The number of hydrogen-bond donors (Lipinski definition) is 2. The molecule has 0 aliphatic rings. The van der Waals surface area contributed by atoms with E-state index in [1.165, 1.54) is 6.21 Å². The Kier molecular flexibility index (Phi) is 8.27. The summed E-state index contributed by atoms with van der Waals surface area (Å²) in [7, 11) is 1.54. The number of nitrogens with zero attached hydrogens (tertiary/aromatic N) is 1. The molecule has 0 aromatic heterocycles. The number of carbonyl (C=O) groups is 3. The highest BCUT2D eigenvalue weighted by Gasteiger charge is 2.13. The van der Waals surface area contributed by atoms with Gasteiger partial charge < -0.3 is 14.8 Å². The minimum atomic E-state index is -0.556. The van der Waals surface area contributed by atoms with Crippen LogP contribution in [0.4, 0.5) is 0 Å². The van der Waals surface area contributed by atoms with Gasteiger partial charge in [0.05, 0.1) is 25.4 Å². The van der Waals surface area contributed by atoms with E-state index in [4.69, 9.17) is 9.47 Å². The fourth-order valence-electron chi connectivity index (χ4n) is 3.49. The Labute approximate surface area is 221 Å². The average molecular weight is 560 g/mol. The van der Waals surface area contributed by atoms with E-state index in [2.05, 4.69) is 31.8 Å². The van der Waals surface area contributed by atoms with Gasteiger partial charge in [-0.05, 0) is 59.3 Å². The molecule has 4 rings (SSSR count). The molecule has 0 fully saturated rings. The Morgan fingerprint density at radius 2 is 1.70 bits per heavy atom. The lowest BCUT2D eigenvalue weighted by molar-refractivity contribution is -0.120. The van der Waals surface area contributed by atoms with Crippen molar-refractivity contribution in [2.45, 2.75) is 0 Å². The summed E-state index contributed by atoms with van der Waals surface area (Å²) in [6, 6.07) is 24.5. The molecular formula is C28H22BrN3O5. The summed E-state index contributed by atoms with van der Waals surface area (Å²) in [5.74, 6) is -0.560. The van der Waals surface area contributed by atoms with Crippen molar-refractivity contribution < 1.29 is 23.9 Å². The summed E-state index contributed by atoms with van der Waals surface area (Å²) in [6.07, 6.45) is 1.35. The van der Waals surface area contributed by atoms with E-state index >= 15 is 0 Å². The number of hydrogen-bond acceptors (Lipinski definition) is 6. The molecule has 0 spiro atoms. The smallest absolute Gasteiger partial charge is 0.343 e. The Hall–Kier alpha value is -4.50. The minimum absolute atomic E-state index is 0.256. The monoisotopic (exact) mass is 559 g/mol. The molecule has 2 amide bonds. The lowest BCUT2D eigenvalue weighted by Gasteiger charge is -2.09. The largest absolute Gasteiger partial charge is 0.497 e. The van der Waals surface area contributed by atoms with Crippen LogP contribution < -0.4 is 20.2 Å². The van der Waals surface area contributed by atoms with E-state index < -0.39 is 11.9 Å². The second-order valence-corrected chi connectivity index (χ2v) is 8.72. The number of esters is 1. The zero-order chi connectivity index (χ0) is 26.2. The summed E-state index contributed by atoms with van der Waals surface area (Å²) < 4.78 is 11.3. The van der Waals surface area contributed by atoms with E-state index in [0.29, 0.717) is 22.4 Å². The molecule has 186 valence electrons. The van der Waals surface area contributed by atoms with Gasteiger partial charge in [-0.25, -0.2) is 10.2 Å². The van der Waals surface area contributed by atoms with Crippen molar-refractivity contribution in [3.63, 3.8) is 0 Å². The molecule has 8 nitrogen and oxygen atoms in total. The van der Waals surface area contributed by atoms with Gasteiger partial charge in [0.2, 0.25) is 0 Å². The van der Waals surface area contributed by atoms with Gasteiger partial charge in [-0.1, -0.05) is 52.3 Å². The predicted octanol–water partition coefficient (Wildman–Crippen LogP) is 4.71. The molecular weight excluding hydrogens is 538 g/mol. The first-order chi connectivity index (χ1) is 17.9. The van der Waals surface area contributed by atoms with Crippen molar-refractivity contribution in [1.82, 2.24) is 10.7 Å². The molecule has 0 aliphatic heterocycles. The van der Waals surface area contributed by atoms with E-state index in [1.807, 2.05) is 30.3 Å². The summed E-state index contributed by atoms with van der Waals surface area (Å²) in [6.45, 7) is -0.267. The molecule has 0 heterocycles. The summed E-state index contributed by atoms with van der Waals surface area (Å²) in [5.41, 5.74) is 3.65. The van der Waals surface area contributed by atoms with Gasteiger partial charge in [-0.2, -0.15) is 5.10 Å². The van der Waals surface area contributed by atoms with Gasteiger partial charge in [0, 0.05) is 15.6 Å². The Balaban J connectivity index is 1.36. The fraction of sp³-hybridized carbons (Fsp3) is 0.0714. The molecule has 37 heavy (non-hydrogen) atoms. The number of fused-ring (bicyclic) bond motifs is 1. The van der Waals surface area contributed by atoms with Gasteiger partial charge in [0.25, 0.3) is 11.8 Å². The number of amides is 2. The van der Waals surface area contributed by atoms with Crippen molar-refractivity contribution in [2.24, 2.45) is 5.10 Å². The molecule has 0 saturated carbocycles. The zero-order valence-electron chi connectivity index (χ0n) is 19.7. The first kappa shape index (κ1) is 25.6. The summed E-state index contributed by atoms with van der Waals surface area (Å²) >= 11 is 3.37. The molecule has 0 bridgehead atoms. The number of nitrogens with one attached hydrogen (secondary N) is 2. The van der Waals surface area contributed by atoms with Gasteiger partial charge in [-0.3, -0.25) is 9.59 Å². The van der Waals surface area contributed by atoms with Crippen LogP contribution in [-0.2, 0) is 4.79 Å². The quantitative estimate of drug-likeness (QED) is 0.141. The number of rotatable bonds is 8. The Morgan fingerprint density at radius 1 is 0.946 bits per heavy atom. The lowest BCUT2D eigenvalue weighted by Crippen LogP contribution is -2.35. The maximum atomic E-state index is 12.6. The van der Waals surface area contributed by atoms with Gasteiger partial charge in [-0.15, -0.1) is 0 Å². The van der Waals surface area contributed by atoms with E-state index in [9.17, 15) is 14.4 Å². The lowest BCUT2D eigenvalue weighted by atomic mass is 10.0. The second kappa shape index (κ2) is 12.0. The van der Waals surface area contributed by atoms with Crippen LogP contribution in [0, 0.1) is 0 Å². The number of methoxy groups -OCH3 is 1. The summed E-state index contributed by atoms with van der Waals surface area (Å²) in [5, 5.41) is 8.27. The topological polar surface area (TPSA) is 106 Å². The van der Waals surface area contributed by atoms with Crippen LogP contribution in [0.3, 0.4) is 0 Å². The van der Waals surface area contributed by atoms with Crippen molar-refractivity contribution in [1.29, 1.82) is 0 Å². The maximum absolute atomic E-state index is 12.6. The first-order valence-electron chi connectivity index (χ1n) is 11.2. The molecule has 2 N–H and O–H groups in total. The van der Waals surface area contributed by atoms with Crippen molar-refractivity contribution in [2.75, 3.05) is 13.7 Å². The number of benzene rings is 4. The number of carbonyl (C=O) groups excluding carboxylic acids is 3. The van der Waals surface area contributed by atoms with Crippen LogP contribution in [0.2, 0.25) is 0 Å². The third-order valence-corrected chi connectivity index (χ3v) is 5.83. The third kappa shape index (κ3) is 6.59. The predicted molar refractivity (Wildman–Crippen MR) is 144 cm³/mol. The Bertz CT molecular complexity index is 1480. The number of ether oxygens (including phenoxy) is 2. The average Bonchev–Trinajstić information content (AvgIpc) is 2.92. The molecule has 0 radical (unpaired) electrons. The fourth-order valence-corrected chi connectivity index (χ4v) is 3.87. The van der Waals surface area contributed by atoms with Crippen LogP contribution in [0.25, 0.3) is 10.8 Å². The third-order valence-electron chi connectivity index (χ3n) is 5.34. The zero-order valence-corrected chi connectivity index (χ0v) is 21.3. The standard InChI is InChI=1S/C28H22BrN3O5/c1-36-22-12-9-19(10-13-22)28(35)37-25-14-11-21(29)15-20(25)16-31-32-26(33)17-30-27(34)24-8-4-6-18-5-2-3-7-23(18)24/h2-16H,17H2,1H3,(H,30,34)(H,32,33)/b31-16-. The second-order valence-electron chi connectivity index (χ2n) is 7.80. The van der Waals surface area contributed by atoms with E-state index in [1.54, 1.807) is 61.7 Å². The van der Waals surface area contributed by atoms with Crippen molar-refractivity contribution >= 4 is 50.7 Å². The van der Waals surface area contributed by atoms with Crippen molar-refractivity contribution in [3.05, 3.63) is 106 Å². The van der Waals surface area contributed by atoms with Crippen LogP contribution in [0.15, 0.2) is 94.5 Å². The van der Waals surface area contributed by atoms with Crippen molar-refractivity contribution in [3.8, 4) is 11.5 Å². The number of hydrazone groups is 1. The Morgan fingerprint density at radius 3 is 2.49 bits per heavy atom. The van der Waals surface area contributed by atoms with Crippen LogP contribution in [0.1, 0.15) is 26.3 Å². The van der Waals surface area contributed by atoms with Gasteiger partial charge in [0.1, 0.15) is 11.5 Å². The molecule has 0 atom stereocenters. The van der Waals surface area contributed by atoms with Crippen LogP contribution >= 0.6 is 15.9 Å². The first-order valence-corrected chi connectivity index (χ1v) is 12.0. The highest BCUT2D eigenvalue weighted by Crippen LogP contribution is 2.23. The molecule has 0 unspecified atom stereocenters. The van der Waals surface area contributed by atoms with E-state index in [0.717, 1.165) is 15.2 Å². The van der Waals surface area contributed by atoms with Crippen LogP contribution in [-0.4, -0.2) is 37.7 Å². The molecule has 0 aliphatic carbocycles. The molecule has 4 aromatic carbocycles. The normalized spacial score (nSPS) is 10.8. The van der Waals surface area contributed by atoms with Gasteiger partial charge in [0.15, 0.2) is 0 Å². The van der Waals surface area contributed by atoms with E-state index in [-0.39, 0.29) is 18.2 Å². The minimum Gasteiger partial charge on any atom is -0.497 e. The molecule has 0 saturated heterocycles. The number of halogens is 1. The molecule has 4 aromatic rings. The van der Waals surface area contributed by atoms with Gasteiger partial charge >= 0.3 is 5.97 Å². The van der Waals surface area contributed by atoms with Crippen LogP contribution in [0.5, 0.6) is 11.5 Å². The summed E-state index contributed by atoms with van der Waals surface area (Å²) in [4.78, 5) is 37.4. The molecule has 9 heteroatoms. The SMILES string of the molecule is COc1ccc(C(=O)Oc2ccc(Br)cc2/C=N\NC(=O)CNC(=O)c2cccc3ccccc23)cc1. The highest BCUT2D eigenvalue weighted by molar-refractivity contribution is 9.10. The maximum Gasteiger partial charge on any atom is 0.343 e. The highest BCUT2D eigenvalue weighted by atomic mass is 79.9.